The van der Waals surface area contributed by atoms with Crippen molar-refractivity contribution in [3.8, 4) is 0 Å². The molecule has 0 aliphatic rings. The fraction of sp³-hybridized carbons (Fsp3) is 0.211. The van der Waals surface area contributed by atoms with Gasteiger partial charge in [0.2, 0.25) is 5.91 Å². The molecule has 0 bridgehead atoms. The van der Waals surface area contributed by atoms with Crippen LogP contribution in [0.1, 0.15) is 15.9 Å². The number of carbonyl (C=O) groups excluding carboxylic acids is 3. The van der Waals surface area contributed by atoms with Gasteiger partial charge in [-0.3, -0.25) is 14.4 Å². The summed E-state index contributed by atoms with van der Waals surface area (Å²) in [6, 6.07) is 9.98. The number of benzene rings is 2. The molecule has 2 aromatic rings. The van der Waals surface area contributed by atoms with Gasteiger partial charge < -0.3 is 10.1 Å². The summed E-state index contributed by atoms with van der Waals surface area (Å²) in [4.78, 5) is 35.2. The third-order valence-electron chi connectivity index (χ3n) is 3.36. The van der Waals surface area contributed by atoms with Gasteiger partial charge in [0.05, 0.1) is 11.5 Å². The molecule has 1 amide bonds. The molecule has 0 saturated heterocycles. The van der Waals surface area contributed by atoms with E-state index in [0.717, 1.165) is 35.5 Å². The fourth-order valence-electron chi connectivity index (χ4n) is 2.09. The van der Waals surface area contributed by atoms with Crippen molar-refractivity contribution in [2.24, 2.45) is 0 Å². The molecule has 0 radical (unpaired) electrons. The van der Waals surface area contributed by atoms with Gasteiger partial charge in [-0.15, -0.1) is 11.8 Å². The van der Waals surface area contributed by atoms with Crippen LogP contribution in [0.2, 0.25) is 0 Å². The molecular formula is C19H17F2NO4S. The number of halogens is 2. The Bertz CT molecular complexity index is 857. The fourth-order valence-corrected chi connectivity index (χ4v) is 2.70. The van der Waals surface area contributed by atoms with Crippen LogP contribution in [-0.2, 0) is 14.3 Å². The smallest absolute Gasteiger partial charge is 0.316 e. The van der Waals surface area contributed by atoms with Crippen LogP contribution in [-0.4, -0.2) is 35.8 Å². The van der Waals surface area contributed by atoms with E-state index in [0.29, 0.717) is 5.69 Å². The molecule has 0 heterocycles. The van der Waals surface area contributed by atoms with Gasteiger partial charge in [0.15, 0.2) is 24.0 Å². The van der Waals surface area contributed by atoms with Gasteiger partial charge in [-0.2, -0.15) is 0 Å². The molecule has 1 N–H and O–H groups in total. The number of ether oxygens (including phenoxy) is 1. The van der Waals surface area contributed by atoms with Crippen molar-refractivity contribution in [3.63, 3.8) is 0 Å². The first-order valence-electron chi connectivity index (χ1n) is 7.93. The number of hydrogen-bond acceptors (Lipinski definition) is 5. The first-order chi connectivity index (χ1) is 12.8. The average molecular weight is 393 g/mol. The standard InChI is InChI=1S/C19H17F2NO4S/c1-12-3-2-4-14(7-12)22-18(24)10-27-11-19(25)26-9-17(23)13-5-6-15(20)16(21)8-13/h2-8H,9-11H2,1H3,(H,22,24). The molecule has 8 heteroatoms. The Labute approximate surface area is 159 Å². The van der Waals surface area contributed by atoms with E-state index in [4.69, 9.17) is 4.74 Å². The van der Waals surface area contributed by atoms with Crippen LogP contribution >= 0.6 is 11.8 Å². The van der Waals surface area contributed by atoms with Crippen molar-refractivity contribution < 1.29 is 27.9 Å². The number of rotatable bonds is 8. The molecule has 0 aliphatic carbocycles. The highest BCUT2D eigenvalue weighted by molar-refractivity contribution is 8.00. The van der Waals surface area contributed by atoms with Crippen LogP contribution in [0.25, 0.3) is 0 Å². The minimum absolute atomic E-state index is 0.0418. The Kier molecular flexibility index (Phi) is 7.48. The lowest BCUT2D eigenvalue weighted by molar-refractivity contribution is -0.139. The van der Waals surface area contributed by atoms with E-state index < -0.39 is 30.0 Å². The molecular weight excluding hydrogens is 376 g/mol. The summed E-state index contributed by atoms with van der Waals surface area (Å²) in [5.41, 5.74) is 1.59. The second kappa shape index (κ2) is 9.82. The number of nitrogens with one attached hydrogen (secondary N) is 1. The maximum absolute atomic E-state index is 13.1. The summed E-state index contributed by atoms with van der Waals surface area (Å²) < 4.78 is 30.7. The predicted octanol–water partition coefficient (Wildman–Crippen LogP) is 3.37. The van der Waals surface area contributed by atoms with Crippen LogP contribution in [0.5, 0.6) is 0 Å². The maximum Gasteiger partial charge on any atom is 0.316 e. The van der Waals surface area contributed by atoms with E-state index in [1.807, 2.05) is 25.1 Å². The van der Waals surface area contributed by atoms with Gasteiger partial charge in [0, 0.05) is 11.3 Å². The van der Waals surface area contributed by atoms with Crippen molar-refractivity contribution in [1.29, 1.82) is 0 Å². The first kappa shape index (κ1) is 20.6. The summed E-state index contributed by atoms with van der Waals surface area (Å²) in [5.74, 6) is -3.89. The van der Waals surface area contributed by atoms with Crippen molar-refractivity contribution in [3.05, 3.63) is 65.2 Å². The van der Waals surface area contributed by atoms with E-state index in [1.54, 1.807) is 6.07 Å². The minimum Gasteiger partial charge on any atom is -0.457 e. The lowest BCUT2D eigenvalue weighted by atomic mass is 10.1. The second-order valence-corrected chi connectivity index (χ2v) is 6.61. The van der Waals surface area contributed by atoms with Gasteiger partial charge >= 0.3 is 5.97 Å². The van der Waals surface area contributed by atoms with Crippen molar-refractivity contribution >= 4 is 35.1 Å². The van der Waals surface area contributed by atoms with E-state index >= 15 is 0 Å². The first-order valence-corrected chi connectivity index (χ1v) is 9.09. The summed E-state index contributed by atoms with van der Waals surface area (Å²) in [7, 11) is 0. The van der Waals surface area contributed by atoms with E-state index in [-0.39, 0.29) is 23.0 Å². The number of ketones is 1. The zero-order chi connectivity index (χ0) is 19.8. The number of esters is 1. The molecule has 0 saturated carbocycles. The normalized spacial score (nSPS) is 10.3. The number of thioether (sulfide) groups is 1. The second-order valence-electron chi connectivity index (χ2n) is 5.62. The van der Waals surface area contributed by atoms with E-state index in [2.05, 4.69) is 5.32 Å². The Morgan fingerprint density at radius 2 is 1.81 bits per heavy atom. The minimum atomic E-state index is -1.15. The molecule has 142 valence electrons. The van der Waals surface area contributed by atoms with Gasteiger partial charge in [-0.1, -0.05) is 12.1 Å². The largest absolute Gasteiger partial charge is 0.457 e. The molecule has 2 rings (SSSR count). The zero-order valence-corrected chi connectivity index (χ0v) is 15.3. The zero-order valence-electron chi connectivity index (χ0n) is 14.5. The van der Waals surface area contributed by atoms with E-state index in [1.165, 1.54) is 0 Å². The number of hydrogen-bond donors (Lipinski definition) is 1. The van der Waals surface area contributed by atoms with Crippen molar-refractivity contribution in [1.82, 2.24) is 0 Å². The highest BCUT2D eigenvalue weighted by Crippen LogP contribution is 2.11. The van der Waals surface area contributed by atoms with Crippen molar-refractivity contribution in [2.45, 2.75) is 6.92 Å². The highest BCUT2D eigenvalue weighted by atomic mass is 32.2. The molecule has 0 aromatic heterocycles. The van der Waals surface area contributed by atoms with Gasteiger partial charge in [0.25, 0.3) is 0 Å². The van der Waals surface area contributed by atoms with Crippen LogP contribution in [0.4, 0.5) is 14.5 Å². The number of anilines is 1. The van der Waals surface area contributed by atoms with Crippen LogP contribution in [0.3, 0.4) is 0 Å². The molecule has 0 atom stereocenters. The van der Waals surface area contributed by atoms with Crippen LogP contribution in [0.15, 0.2) is 42.5 Å². The number of Topliss-reactive ketones (excluding diaryl/α,β-unsaturated/α-hetero) is 1. The Morgan fingerprint density at radius 1 is 1.04 bits per heavy atom. The van der Waals surface area contributed by atoms with Gasteiger partial charge in [-0.05, 0) is 42.8 Å². The summed E-state index contributed by atoms with van der Waals surface area (Å²) in [6.07, 6.45) is 0. The molecule has 27 heavy (non-hydrogen) atoms. The Balaban J connectivity index is 1.69. The number of aryl methyl sites for hydroxylation is 1. The lowest BCUT2D eigenvalue weighted by Crippen LogP contribution is -2.18. The third-order valence-corrected chi connectivity index (χ3v) is 4.27. The summed E-state index contributed by atoms with van der Waals surface area (Å²) >= 11 is 1.04. The average Bonchev–Trinajstić information content (AvgIpc) is 2.62. The Hall–Kier alpha value is -2.74. The lowest BCUT2D eigenvalue weighted by Gasteiger charge is -2.06. The van der Waals surface area contributed by atoms with Crippen LogP contribution in [0, 0.1) is 18.6 Å². The van der Waals surface area contributed by atoms with E-state index in [9.17, 15) is 23.2 Å². The van der Waals surface area contributed by atoms with Crippen molar-refractivity contribution in [2.75, 3.05) is 23.4 Å². The number of carbonyl (C=O) groups is 3. The maximum atomic E-state index is 13.1. The summed E-state index contributed by atoms with van der Waals surface area (Å²) in [6.45, 7) is 1.32. The third kappa shape index (κ3) is 6.82. The quantitative estimate of drug-likeness (QED) is 0.550. The highest BCUT2D eigenvalue weighted by Gasteiger charge is 2.13. The summed E-state index contributed by atoms with van der Waals surface area (Å²) in [5, 5.41) is 2.71. The topological polar surface area (TPSA) is 72.5 Å². The molecule has 5 nitrogen and oxygen atoms in total. The molecule has 0 aliphatic heterocycles. The molecule has 2 aromatic carbocycles. The predicted molar refractivity (Wildman–Crippen MR) is 98.8 cm³/mol. The van der Waals surface area contributed by atoms with Gasteiger partial charge in [0.1, 0.15) is 0 Å². The number of amides is 1. The monoisotopic (exact) mass is 393 g/mol. The molecule has 0 unspecified atom stereocenters. The van der Waals surface area contributed by atoms with Gasteiger partial charge in [-0.25, -0.2) is 8.78 Å². The Morgan fingerprint density at radius 3 is 2.52 bits per heavy atom. The molecule has 0 fully saturated rings. The molecule has 0 spiro atoms. The van der Waals surface area contributed by atoms with Crippen LogP contribution < -0.4 is 5.32 Å². The SMILES string of the molecule is Cc1cccc(NC(=O)CSCC(=O)OCC(=O)c2ccc(F)c(F)c2)c1.